The predicted octanol–water partition coefficient (Wildman–Crippen LogP) is 3.45. The van der Waals surface area contributed by atoms with Crippen molar-refractivity contribution in [2.45, 2.75) is 0 Å². The van der Waals surface area contributed by atoms with Crippen LogP contribution >= 0.6 is 15.9 Å². The molecular formula is C14H12BrFN2O. The molecule has 1 amide bonds. The number of rotatable bonds is 2. The number of nitrogens with two attached hydrogens (primary N) is 1. The van der Waals surface area contributed by atoms with E-state index in [1.807, 2.05) is 0 Å². The van der Waals surface area contributed by atoms with Gasteiger partial charge in [0, 0.05) is 22.9 Å². The van der Waals surface area contributed by atoms with E-state index >= 15 is 0 Å². The van der Waals surface area contributed by atoms with Crippen LogP contribution in [0.2, 0.25) is 0 Å². The molecule has 5 heteroatoms. The zero-order valence-electron chi connectivity index (χ0n) is 10.2. The fourth-order valence-corrected chi connectivity index (χ4v) is 2.06. The van der Waals surface area contributed by atoms with Crippen molar-refractivity contribution in [3.63, 3.8) is 0 Å². The van der Waals surface area contributed by atoms with E-state index in [0.29, 0.717) is 16.9 Å². The lowest BCUT2D eigenvalue weighted by Crippen LogP contribution is -2.27. The molecule has 0 aliphatic rings. The van der Waals surface area contributed by atoms with Crippen molar-refractivity contribution in [1.29, 1.82) is 0 Å². The van der Waals surface area contributed by atoms with Gasteiger partial charge in [0.25, 0.3) is 5.91 Å². The van der Waals surface area contributed by atoms with Gasteiger partial charge in [0.05, 0.1) is 5.56 Å². The molecule has 0 aromatic heterocycles. The monoisotopic (exact) mass is 322 g/mol. The Morgan fingerprint density at radius 1 is 1.26 bits per heavy atom. The third kappa shape index (κ3) is 2.93. The van der Waals surface area contributed by atoms with Crippen molar-refractivity contribution in [3.8, 4) is 0 Å². The molecule has 0 saturated carbocycles. The summed E-state index contributed by atoms with van der Waals surface area (Å²) in [4.78, 5) is 13.7. The van der Waals surface area contributed by atoms with E-state index in [1.54, 1.807) is 37.4 Å². The molecule has 98 valence electrons. The summed E-state index contributed by atoms with van der Waals surface area (Å²) in [5.41, 5.74) is 7.03. The summed E-state index contributed by atoms with van der Waals surface area (Å²) in [6.45, 7) is 0. The Morgan fingerprint density at radius 3 is 2.68 bits per heavy atom. The summed E-state index contributed by atoms with van der Waals surface area (Å²) >= 11 is 3.30. The second-order valence-corrected chi connectivity index (χ2v) is 4.99. The molecule has 2 aromatic carbocycles. The Balaban J connectivity index is 2.36. The Morgan fingerprint density at radius 2 is 2.00 bits per heavy atom. The predicted molar refractivity (Wildman–Crippen MR) is 77.7 cm³/mol. The molecule has 3 nitrogen and oxygen atoms in total. The Kier molecular flexibility index (Phi) is 3.85. The molecule has 0 aliphatic heterocycles. The number of hydrogen-bond donors (Lipinski definition) is 1. The van der Waals surface area contributed by atoms with Gasteiger partial charge in [-0.1, -0.05) is 22.0 Å². The minimum atomic E-state index is -0.389. The Labute approximate surface area is 119 Å². The molecule has 0 aliphatic carbocycles. The van der Waals surface area contributed by atoms with E-state index in [4.69, 9.17) is 5.73 Å². The van der Waals surface area contributed by atoms with Crippen molar-refractivity contribution < 1.29 is 9.18 Å². The maximum Gasteiger partial charge on any atom is 0.260 e. The molecule has 2 rings (SSSR count). The van der Waals surface area contributed by atoms with Gasteiger partial charge in [-0.25, -0.2) is 4.39 Å². The number of amides is 1. The van der Waals surface area contributed by atoms with Crippen LogP contribution in [0.1, 0.15) is 10.4 Å². The van der Waals surface area contributed by atoms with Crippen molar-refractivity contribution in [3.05, 3.63) is 58.3 Å². The summed E-state index contributed by atoms with van der Waals surface area (Å²) in [6.07, 6.45) is 0. The van der Waals surface area contributed by atoms with E-state index in [2.05, 4.69) is 15.9 Å². The average molecular weight is 323 g/mol. The SMILES string of the molecule is CN(C(=O)c1cc(Br)ccc1N)c1cccc(F)c1. The standard InChI is InChI=1S/C14H12BrFN2O/c1-18(11-4-2-3-10(16)8-11)14(19)12-7-9(15)5-6-13(12)17/h2-8H,17H2,1H3. The second kappa shape index (κ2) is 5.40. The van der Waals surface area contributed by atoms with Crippen molar-refractivity contribution in [2.75, 3.05) is 17.7 Å². The molecule has 0 unspecified atom stereocenters. The van der Waals surface area contributed by atoms with Crippen LogP contribution in [-0.4, -0.2) is 13.0 Å². The van der Waals surface area contributed by atoms with Gasteiger partial charge in [-0.2, -0.15) is 0 Å². The van der Waals surface area contributed by atoms with E-state index in [9.17, 15) is 9.18 Å². The van der Waals surface area contributed by atoms with Gasteiger partial charge < -0.3 is 10.6 Å². The lowest BCUT2D eigenvalue weighted by Gasteiger charge is -2.18. The lowest BCUT2D eigenvalue weighted by molar-refractivity contribution is 0.0994. The summed E-state index contributed by atoms with van der Waals surface area (Å²) in [7, 11) is 1.58. The van der Waals surface area contributed by atoms with Crippen molar-refractivity contribution in [1.82, 2.24) is 0 Å². The molecule has 19 heavy (non-hydrogen) atoms. The minimum absolute atomic E-state index is 0.288. The number of nitrogens with zero attached hydrogens (tertiary/aromatic N) is 1. The van der Waals surface area contributed by atoms with Gasteiger partial charge in [0.1, 0.15) is 5.82 Å². The minimum Gasteiger partial charge on any atom is -0.398 e. The zero-order chi connectivity index (χ0) is 14.0. The fraction of sp³-hybridized carbons (Fsp3) is 0.0714. The molecule has 0 atom stereocenters. The molecular weight excluding hydrogens is 311 g/mol. The van der Waals surface area contributed by atoms with Gasteiger partial charge in [-0.05, 0) is 36.4 Å². The number of anilines is 2. The van der Waals surface area contributed by atoms with Crippen LogP contribution in [0.25, 0.3) is 0 Å². The van der Waals surface area contributed by atoms with Crippen LogP contribution in [0.3, 0.4) is 0 Å². The van der Waals surface area contributed by atoms with Crippen molar-refractivity contribution >= 4 is 33.2 Å². The molecule has 0 fully saturated rings. The average Bonchev–Trinajstić information content (AvgIpc) is 2.40. The Hall–Kier alpha value is -1.88. The number of carbonyl (C=O) groups is 1. The number of carbonyl (C=O) groups excluding carboxylic acids is 1. The van der Waals surface area contributed by atoms with Crippen molar-refractivity contribution in [2.24, 2.45) is 0 Å². The molecule has 0 heterocycles. The third-order valence-corrected chi connectivity index (χ3v) is 3.24. The topological polar surface area (TPSA) is 46.3 Å². The smallest absolute Gasteiger partial charge is 0.260 e. The van der Waals surface area contributed by atoms with E-state index in [1.165, 1.54) is 17.0 Å². The number of halogens is 2. The van der Waals surface area contributed by atoms with Gasteiger partial charge in [-0.15, -0.1) is 0 Å². The number of benzene rings is 2. The van der Waals surface area contributed by atoms with Crippen LogP contribution in [0.15, 0.2) is 46.9 Å². The van der Waals surface area contributed by atoms with Gasteiger partial charge in [0.2, 0.25) is 0 Å². The first-order valence-corrected chi connectivity index (χ1v) is 6.37. The first-order valence-electron chi connectivity index (χ1n) is 5.57. The molecule has 0 saturated heterocycles. The normalized spacial score (nSPS) is 10.3. The maximum atomic E-state index is 13.2. The highest BCUT2D eigenvalue weighted by molar-refractivity contribution is 9.10. The lowest BCUT2D eigenvalue weighted by atomic mass is 10.1. The third-order valence-electron chi connectivity index (χ3n) is 2.75. The molecule has 0 spiro atoms. The summed E-state index contributed by atoms with van der Waals surface area (Å²) in [5.74, 6) is -0.677. The van der Waals surface area contributed by atoms with E-state index in [0.717, 1.165) is 4.47 Å². The maximum absolute atomic E-state index is 13.2. The van der Waals surface area contributed by atoms with Gasteiger partial charge >= 0.3 is 0 Å². The van der Waals surface area contributed by atoms with E-state index in [-0.39, 0.29) is 11.7 Å². The zero-order valence-corrected chi connectivity index (χ0v) is 11.8. The highest BCUT2D eigenvalue weighted by Crippen LogP contribution is 2.22. The first kappa shape index (κ1) is 13.5. The van der Waals surface area contributed by atoms with Gasteiger partial charge in [-0.3, -0.25) is 4.79 Å². The summed E-state index contributed by atoms with van der Waals surface area (Å²) < 4.78 is 13.9. The van der Waals surface area contributed by atoms with Crippen LogP contribution in [0.5, 0.6) is 0 Å². The van der Waals surface area contributed by atoms with Crippen LogP contribution in [0.4, 0.5) is 15.8 Å². The van der Waals surface area contributed by atoms with Gasteiger partial charge in [0.15, 0.2) is 0 Å². The number of nitrogen functional groups attached to an aromatic ring is 1. The summed E-state index contributed by atoms with van der Waals surface area (Å²) in [6, 6.07) is 10.9. The fourth-order valence-electron chi connectivity index (χ4n) is 1.70. The highest BCUT2D eigenvalue weighted by atomic mass is 79.9. The first-order chi connectivity index (χ1) is 8.99. The molecule has 2 aromatic rings. The largest absolute Gasteiger partial charge is 0.398 e. The van der Waals surface area contributed by atoms with Crippen LogP contribution in [-0.2, 0) is 0 Å². The van der Waals surface area contributed by atoms with Crippen LogP contribution < -0.4 is 10.6 Å². The Bertz CT molecular complexity index is 631. The molecule has 0 bridgehead atoms. The highest BCUT2D eigenvalue weighted by Gasteiger charge is 2.16. The number of hydrogen-bond acceptors (Lipinski definition) is 2. The second-order valence-electron chi connectivity index (χ2n) is 4.08. The van der Waals surface area contributed by atoms with E-state index < -0.39 is 0 Å². The summed E-state index contributed by atoms with van der Waals surface area (Å²) in [5, 5.41) is 0. The molecule has 2 N–H and O–H groups in total. The quantitative estimate of drug-likeness (QED) is 0.861. The van der Waals surface area contributed by atoms with Crippen LogP contribution in [0, 0.1) is 5.82 Å². The molecule has 0 radical (unpaired) electrons.